The molecule has 74 valence electrons. The number of hydrogen-bond donors (Lipinski definition) is 1. The van der Waals surface area contributed by atoms with E-state index in [0.717, 1.165) is 0 Å². The minimum absolute atomic E-state index is 0.0190. The summed E-state index contributed by atoms with van der Waals surface area (Å²) in [6.07, 6.45) is 0. The fourth-order valence-corrected chi connectivity index (χ4v) is 3.15. The zero-order valence-corrected chi connectivity index (χ0v) is 9.28. The minimum atomic E-state index is -3.10. The Morgan fingerprint density at radius 2 is 2.23 bits per heavy atom. The Bertz CT molecular complexity index is 340. The van der Waals surface area contributed by atoms with E-state index >= 15 is 0 Å². The van der Waals surface area contributed by atoms with Crippen LogP contribution in [0.25, 0.3) is 0 Å². The molecule has 0 unspecified atom stereocenters. The van der Waals surface area contributed by atoms with Gasteiger partial charge in [-0.15, -0.1) is 11.3 Å². The molecule has 0 spiro atoms. The molecule has 1 heterocycles. The van der Waals surface area contributed by atoms with E-state index in [9.17, 15) is 8.42 Å². The first kappa shape index (κ1) is 10.7. The Balaban J connectivity index is 2.68. The second-order valence-electron chi connectivity index (χ2n) is 3.05. The van der Waals surface area contributed by atoms with Crippen molar-refractivity contribution in [2.45, 2.75) is 24.1 Å². The van der Waals surface area contributed by atoms with Gasteiger partial charge in [0.15, 0.2) is 0 Å². The van der Waals surface area contributed by atoms with Crippen LogP contribution in [0.5, 0.6) is 0 Å². The summed E-state index contributed by atoms with van der Waals surface area (Å²) in [5.41, 5.74) is 0. The van der Waals surface area contributed by atoms with Crippen molar-refractivity contribution in [1.29, 1.82) is 0 Å². The third-order valence-corrected chi connectivity index (χ3v) is 4.49. The van der Waals surface area contributed by atoms with Crippen molar-refractivity contribution in [1.82, 2.24) is 5.32 Å². The van der Waals surface area contributed by atoms with E-state index in [1.165, 1.54) is 11.3 Å². The predicted molar refractivity (Wildman–Crippen MR) is 54.6 cm³/mol. The SMILES string of the molecule is CC(C)NCS(=O)(=O)c1cccs1. The molecule has 5 heteroatoms. The van der Waals surface area contributed by atoms with Crippen molar-refractivity contribution in [3.63, 3.8) is 0 Å². The zero-order chi connectivity index (χ0) is 9.90. The molecule has 0 aliphatic rings. The van der Waals surface area contributed by atoms with Gasteiger partial charge in [-0.1, -0.05) is 6.07 Å². The Hall–Kier alpha value is -0.390. The van der Waals surface area contributed by atoms with E-state index in [2.05, 4.69) is 5.32 Å². The average Bonchev–Trinajstić information content (AvgIpc) is 2.53. The molecule has 0 aromatic carbocycles. The summed E-state index contributed by atoms with van der Waals surface area (Å²) in [5.74, 6) is 0.0190. The maximum Gasteiger partial charge on any atom is 0.200 e. The molecule has 1 N–H and O–H groups in total. The lowest BCUT2D eigenvalue weighted by Gasteiger charge is -2.07. The molecule has 0 saturated carbocycles. The first-order valence-electron chi connectivity index (χ1n) is 4.02. The smallest absolute Gasteiger partial charge is 0.200 e. The summed E-state index contributed by atoms with van der Waals surface area (Å²) in [7, 11) is -3.10. The lowest BCUT2D eigenvalue weighted by atomic mass is 10.4. The third kappa shape index (κ3) is 3.10. The van der Waals surface area contributed by atoms with Crippen LogP contribution >= 0.6 is 11.3 Å². The van der Waals surface area contributed by atoms with Crippen molar-refractivity contribution in [3.05, 3.63) is 17.5 Å². The molecule has 0 saturated heterocycles. The van der Waals surface area contributed by atoms with Gasteiger partial charge in [-0.3, -0.25) is 0 Å². The molecule has 0 amide bonds. The molecule has 1 aromatic rings. The lowest BCUT2D eigenvalue weighted by Crippen LogP contribution is -2.28. The van der Waals surface area contributed by atoms with E-state index in [-0.39, 0.29) is 11.9 Å². The van der Waals surface area contributed by atoms with Gasteiger partial charge in [0.2, 0.25) is 9.84 Å². The van der Waals surface area contributed by atoms with Crippen LogP contribution in [0.3, 0.4) is 0 Å². The van der Waals surface area contributed by atoms with Crippen LogP contribution in [-0.4, -0.2) is 20.3 Å². The van der Waals surface area contributed by atoms with Crippen LogP contribution in [0, 0.1) is 0 Å². The largest absolute Gasteiger partial charge is 0.301 e. The topological polar surface area (TPSA) is 46.2 Å². The molecular formula is C8H13NO2S2. The standard InChI is InChI=1S/C8H13NO2S2/c1-7(2)9-6-13(10,11)8-4-3-5-12-8/h3-5,7,9H,6H2,1-2H3. The summed E-state index contributed by atoms with van der Waals surface area (Å²) >= 11 is 1.25. The highest BCUT2D eigenvalue weighted by Crippen LogP contribution is 2.16. The van der Waals surface area contributed by atoms with Crippen LogP contribution in [0.1, 0.15) is 13.8 Å². The van der Waals surface area contributed by atoms with Gasteiger partial charge >= 0.3 is 0 Å². The zero-order valence-electron chi connectivity index (χ0n) is 7.65. The molecule has 0 radical (unpaired) electrons. The number of sulfone groups is 1. The molecule has 0 atom stereocenters. The van der Waals surface area contributed by atoms with Crippen LogP contribution < -0.4 is 5.32 Å². The Morgan fingerprint density at radius 3 is 2.69 bits per heavy atom. The second kappa shape index (κ2) is 4.21. The quantitative estimate of drug-likeness (QED) is 0.834. The summed E-state index contributed by atoms with van der Waals surface area (Å²) in [6, 6.07) is 3.56. The fourth-order valence-electron chi connectivity index (χ4n) is 0.788. The molecule has 1 rings (SSSR count). The summed E-state index contributed by atoms with van der Waals surface area (Å²) in [4.78, 5) is 0. The van der Waals surface area contributed by atoms with Crippen LogP contribution in [0.4, 0.5) is 0 Å². The van der Waals surface area contributed by atoms with Crippen molar-refractivity contribution in [2.24, 2.45) is 0 Å². The van der Waals surface area contributed by atoms with E-state index in [4.69, 9.17) is 0 Å². The highest BCUT2D eigenvalue weighted by Gasteiger charge is 2.14. The van der Waals surface area contributed by atoms with E-state index < -0.39 is 9.84 Å². The molecule has 0 bridgehead atoms. The maximum atomic E-state index is 11.5. The first-order chi connectivity index (χ1) is 6.02. The maximum absolute atomic E-state index is 11.5. The molecule has 1 aromatic heterocycles. The predicted octanol–water partition coefficient (Wildman–Crippen LogP) is 1.48. The molecule has 3 nitrogen and oxygen atoms in total. The van der Waals surface area contributed by atoms with Gasteiger partial charge < -0.3 is 5.32 Å². The Labute approximate surface area is 82.7 Å². The number of thiophene rings is 1. The Morgan fingerprint density at radius 1 is 1.54 bits per heavy atom. The lowest BCUT2D eigenvalue weighted by molar-refractivity contribution is 0.575. The van der Waals surface area contributed by atoms with E-state index in [1.54, 1.807) is 17.5 Å². The van der Waals surface area contributed by atoms with Crippen molar-refractivity contribution >= 4 is 21.2 Å². The molecule has 0 aliphatic carbocycles. The van der Waals surface area contributed by atoms with Gasteiger partial charge in [0, 0.05) is 6.04 Å². The number of hydrogen-bond acceptors (Lipinski definition) is 4. The highest BCUT2D eigenvalue weighted by atomic mass is 32.2. The van der Waals surface area contributed by atoms with Gasteiger partial charge in [0.05, 0.1) is 0 Å². The molecule has 13 heavy (non-hydrogen) atoms. The summed E-state index contributed by atoms with van der Waals surface area (Å²) in [6.45, 7) is 3.84. The highest BCUT2D eigenvalue weighted by molar-refractivity contribution is 7.93. The van der Waals surface area contributed by atoms with Gasteiger partial charge in [0.25, 0.3) is 0 Å². The molecular weight excluding hydrogens is 206 g/mol. The van der Waals surface area contributed by atoms with Crippen LogP contribution in [0.15, 0.2) is 21.7 Å². The average molecular weight is 219 g/mol. The van der Waals surface area contributed by atoms with Gasteiger partial charge in [-0.2, -0.15) is 0 Å². The Kier molecular flexibility index (Phi) is 3.47. The molecule has 0 fully saturated rings. The number of rotatable bonds is 4. The van der Waals surface area contributed by atoms with Crippen LogP contribution in [-0.2, 0) is 9.84 Å². The van der Waals surface area contributed by atoms with E-state index in [0.29, 0.717) is 4.21 Å². The van der Waals surface area contributed by atoms with Crippen molar-refractivity contribution < 1.29 is 8.42 Å². The summed E-state index contributed by atoms with van der Waals surface area (Å²) < 4.78 is 23.5. The second-order valence-corrected chi connectivity index (χ2v) is 6.21. The van der Waals surface area contributed by atoms with Gasteiger partial charge in [0.1, 0.15) is 10.1 Å². The van der Waals surface area contributed by atoms with Crippen molar-refractivity contribution in [3.8, 4) is 0 Å². The first-order valence-corrected chi connectivity index (χ1v) is 6.55. The summed E-state index contributed by atoms with van der Waals surface area (Å²) in [5, 5.41) is 4.66. The molecule has 0 aliphatic heterocycles. The van der Waals surface area contributed by atoms with Gasteiger partial charge in [-0.05, 0) is 25.3 Å². The fraction of sp³-hybridized carbons (Fsp3) is 0.500. The van der Waals surface area contributed by atoms with Crippen molar-refractivity contribution in [2.75, 3.05) is 5.88 Å². The number of nitrogens with one attached hydrogen (secondary N) is 1. The van der Waals surface area contributed by atoms with Crippen LogP contribution in [0.2, 0.25) is 0 Å². The van der Waals surface area contributed by atoms with Gasteiger partial charge in [-0.25, -0.2) is 8.42 Å². The normalized spacial score (nSPS) is 12.2. The van der Waals surface area contributed by atoms with E-state index in [1.807, 2.05) is 13.8 Å². The monoisotopic (exact) mass is 219 g/mol. The third-order valence-electron chi connectivity index (χ3n) is 1.48. The minimum Gasteiger partial charge on any atom is -0.301 e.